The van der Waals surface area contributed by atoms with Crippen LogP contribution in [-0.2, 0) is 16.0 Å². The highest BCUT2D eigenvalue weighted by atomic mass is 16.5. The molecule has 0 aliphatic carbocycles. The van der Waals surface area contributed by atoms with Gasteiger partial charge in [0.05, 0.1) is 33.5 Å². The van der Waals surface area contributed by atoms with Crippen LogP contribution in [0.2, 0.25) is 0 Å². The summed E-state index contributed by atoms with van der Waals surface area (Å²) in [6, 6.07) is 9.35. The molecule has 1 aromatic carbocycles. The first-order valence-corrected chi connectivity index (χ1v) is 8.89. The van der Waals surface area contributed by atoms with Gasteiger partial charge in [-0.15, -0.1) is 0 Å². The Kier molecular flexibility index (Phi) is 11.4. The van der Waals surface area contributed by atoms with Crippen molar-refractivity contribution < 1.29 is 19.3 Å². The van der Waals surface area contributed by atoms with Crippen molar-refractivity contribution in [3.05, 3.63) is 29.8 Å². The Bertz CT molecular complexity index is 436. The van der Waals surface area contributed by atoms with Crippen molar-refractivity contribution in [1.82, 2.24) is 10.2 Å². The lowest BCUT2D eigenvalue weighted by Gasteiger charge is -2.33. The summed E-state index contributed by atoms with van der Waals surface area (Å²) in [7, 11) is 2.69. The fraction of sp³-hybridized carbons (Fsp3) is 0.684. The van der Waals surface area contributed by atoms with Crippen molar-refractivity contribution in [2.24, 2.45) is 0 Å². The highest BCUT2D eigenvalue weighted by Crippen LogP contribution is 2.15. The molecule has 2 unspecified atom stereocenters. The van der Waals surface area contributed by atoms with Crippen molar-refractivity contribution in [2.75, 3.05) is 53.7 Å². The first-order valence-electron chi connectivity index (χ1n) is 8.89. The van der Waals surface area contributed by atoms with Gasteiger partial charge in [0.1, 0.15) is 5.75 Å². The molecule has 0 spiro atoms. The van der Waals surface area contributed by atoms with Crippen molar-refractivity contribution in [3.8, 4) is 5.75 Å². The first-order chi connectivity index (χ1) is 12.2. The second-order valence-corrected chi connectivity index (χ2v) is 6.17. The van der Waals surface area contributed by atoms with Gasteiger partial charge in [0.15, 0.2) is 0 Å². The third-order valence-corrected chi connectivity index (χ3v) is 4.16. The second-order valence-electron chi connectivity index (χ2n) is 6.17. The Morgan fingerprint density at radius 1 is 1.12 bits per heavy atom. The molecule has 2 N–H and O–H groups in total. The maximum absolute atomic E-state index is 7.00. The summed E-state index contributed by atoms with van der Waals surface area (Å²) < 4.78 is 15.7. The SMILES string of the molecule is CC1COCCN1.CO.COc1ccc(CN2CCOCC2C)cc1. The molecule has 1 aromatic rings. The van der Waals surface area contributed by atoms with Crippen molar-refractivity contribution >= 4 is 0 Å². The number of ether oxygens (including phenoxy) is 3. The van der Waals surface area contributed by atoms with Gasteiger partial charge in [-0.05, 0) is 31.5 Å². The normalized spacial score (nSPS) is 23.6. The molecule has 3 rings (SSSR count). The monoisotopic (exact) mass is 354 g/mol. The lowest BCUT2D eigenvalue weighted by molar-refractivity contribution is -0.00437. The van der Waals surface area contributed by atoms with Gasteiger partial charge >= 0.3 is 0 Å². The Balaban J connectivity index is 0.000000290. The quantitative estimate of drug-likeness (QED) is 0.858. The van der Waals surface area contributed by atoms with Crippen LogP contribution in [0.15, 0.2) is 24.3 Å². The molecule has 0 saturated carbocycles. The van der Waals surface area contributed by atoms with Crippen LogP contribution in [0.1, 0.15) is 19.4 Å². The lowest BCUT2D eigenvalue weighted by atomic mass is 10.1. The van der Waals surface area contributed by atoms with Crippen LogP contribution in [0.25, 0.3) is 0 Å². The number of aliphatic hydroxyl groups is 1. The molecule has 2 heterocycles. The molecule has 2 atom stereocenters. The van der Waals surface area contributed by atoms with Crippen LogP contribution in [0.4, 0.5) is 0 Å². The third kappa shape index (κ3) is 8.65. The fourth-order valence-electron chi connectivity index (χ4n) is 2.66. The predicted molar refractivity (Wildman–Crippen MR) is 100 cm³/mol. The van der Waals surface area contributed by atoms with Gasteiger partial charge in [-0.2, -0.15) is 0 Å². The summed E-state index contributed by atoms with van der Waals surface area (Å²) in [5.74, 6) is 0.916. The summed E-state index contributed by atoms with van der Waals surface area (Å²) in [5, 5.41) is 10.3. The zero-order valence-electron chi connectivity index (χ0n) is 16.0. The first kappa shape index (κ1) is 21.9. The molecule has 6 heteroatoms. The second kappa shape index (κ2) is 13.1. The van der Waals surface area contributed by atoms with E-state index in [4.69, 9.17) is 19.3 Å². The number of rotatable bonds is 3. The highest BCUT2D eigenvalue weighted by Gasteiger charge is 2.18. The fourth-order valence-corrected chi connectivity index (χ4v) is 2.66. The van der Waals surface area contributed by atoms with E-state index in [0.717, 1.165) is 58.9 Å². The zero-order chi connectivity index (χ0) is 18.5. The van der Waals surface area contributed by atoms with E-state index in [-0.39, 0.29) is 0 Å². The van der Waals surface area contributed by atoms with Gasteiger partial charge in [0.25, 0.3) is 0 Å². The average molecular weight is 354 g/mol. The van der Waals surface area contributed by atoms with Gasteiger partial charge in [0, 0.05) is 38.8 Å². The minimum Gasteiger partial charge on any atom is -0.497 e. The van der Waals surface area contributed by atoms with E-state index in [9.17, 15) is 0 Å². The van der Waals surface area contributed by atoms with Crippen molar-refractivity contribution in [3.63, 3.8) is 0 Å². The van der Waals surface area contributed by atoms with E-state index in [2.05, 4.69) is 36.2 Å². The topological polar surface area (TPSA) is 63.2 Å². The molecule has 25 heavy (non-hydrogen) atoms. The Morgan fingerprint density at radius 2 is 1.80 bits per heavy atom. The van der Waals surface area contributed by atoms with E-state index in [1.807, 2.05) is 12.1 Å². The molecule has 144 valence electrons. The van der Waals surface area contributed by atoms with Gasteiger partial charge in [0.2, 0.25) is 0 Å². The van der Waals surface area contributed by atoms with Crippen molar-refractivity contribution in [1.29, 1.82) is 0 Å². The van der Waals surface area contributed by atoms with Crippen LogP contribution in [-0.4, -0.2) is 75.8 Å². The summed E-state index contributed by atoms with van der Waals surface area (Å²) in [6.07, 6.45) is 0. The largest absolute Gasteiger partial charge is 0.497 e. The van der Waals surface area contributed by atoms with Crippen LogP contribution in [0.5, 0.6) is 5.75 Å². The maximum atomic E-state index is 7.00. The number of hydrogen-bond donors (Lipinski definition) is 2. The third-order valence-electron chi connectivity index (χ3n) is 4.16. The van der Waals surface area contributed by atoms with Gasteiger partial charge in [-0.3, -0.25) is 4.90 Å². The minimum atomic E-state index is 0.510. The molecule has 0 bridgehead atoms. The highest BCUT2D eigenvalue weighted by molar-refractivity contribution is 5.27. The number of benzene rings is 1. The minimum absolute atomic E-state index is 0.510. The van der Waals surface area contributed by atoms with Gasteiger partial charge < -0.3 is 24.6 Å². The summed E-state index contributed by atoms with van der Waals surface area (Å²) in [5.41, 5.74) is 1.33. The molecule has 2 saturated heterocycles. The zero-order valence-corrected chi connectivity index (χ0v) is 16.0. The van der Waals surface area contributed by atoms with Crippen LogP contribution in [0, 0.1) is 0 Å². The number of morpholine rings is 2. The lowest BCUT2D eigenvalue weighted by Crippen LogP contribution is -2.42. The van der Waals surface area contributed by atoms with Crippen LogP contribution >= 0.6 is 0 Å². The average Bonchev–Trinajstić information content (AvgIpc) is 2.67. The summed E-state index contributed by atoms with van der Waals surface area (Å²) in [4.78, 5) is 2.45. The van der Waals surface area contributed by atoms with Gasteiger partial charge in [-0.1, -0.05) is 12.1 Å². The standard InChI is InChI=1S/C13H19NO2.C5H11NO.CH4O/c1-11-10-16-8-7-14(11)9-12-3-5-13(15-2)6-4-12;1-5-4-7-3-2-6-5;1-2/h3-6,11H,7-10H2,1-2H3;5-6H,2-4H2,1H3;2H,1H3. The number of methoxy groups -OCH3 is 1. The molecule has 2 aliphatic rings. The number of nitrogens with zero attached hydrogens (tertiary/aromatic N) is 1. The number of nitrogens with one attached hydrogen (secondary N) is 1. The van der Waals surface area contributed by atoms with Crippen LogP contribution < -0.4 is 10.1 Å². The van der Waals surface area contributed by atoms with Crippen molar-refractivity contribution in [2.45, 2.75) is 32.5 Å². The van der Waals surface area contributed by atoms with Crippen LogP contribution in [0.3, 0.4) is 0 Å². The number of aliphatic hydroxyl groups excluding tert-OH is 1. The molecular formula is C19H34N2O4. The smallest absolute Gasteiger partial charge is 0.118 e. The van der Waals surface area contributed by atoms with E-state index in [0.29, 0.717) is 12.1 Å². The molecule has 2 fully saturated rings. The maximum Gasteiger partial charge on any atom is 0.118 e. The number of hydrogen-bond acceptors (Lipinski definition) is 6. The van der Waals surface area contributed by atoms with Gasteiger partial charge in [-0.25, -0.2) is 0 Å². The Hall–Kier alpha value is -1.18. The Morgan fingerprint density at radius 3 is 2.28 bits per heavy atom. The molecule has 2 aliphatic heterocycles. The molecule has 0 aromatic heterocycles. The Labute approximate surface area is 152 Å². The molecule has 6 nitrogen and oxygen atoms in total. The van der Waals surface area contributed by atoms with E-state index < -0.39 is 0 Å². The van der Waals surface area contributed by atoms with E-state index in [1.165, 1.54) is 5.56 Å². The molecule has 0 radical (unpaired) electrons. The predicted octanol–water partition coefficient (Wildman–Crippen LogP) is 1.52. The summed E-state index contributed by atoms with van der Waals surface area (Å²) in [6.45, 7) is 10.8. The van der Waals surface area contributed by atoms with E-state index >= 15 is 0 Å². The molecule has 0 amide bonds. The van der Waals surface area contributed by atoms with E-state index in [1.54, 1.807) is 7.11 Å². The molecular weight excluding hydrogens is 320 g/mol. The summed E-state index contributed by atoms with van der Waals surface area (Å²) >= 11 is 0.